The molecule has 1 aliphatic carbocycles. The van der Waals surface area contributed by atoms with Crippen molar-refractivity contribution in [1.29, 1.82) is 0 Å². The van der Waals surface area contributed by atoms with E-state index in [0.29, 0.717) is 28.8 Å². The minimum atomic E-state index is -4.40. The van der Waals surface area contributed by atoms with E-state index in [4.69, 9.17) is 4.98 Å². The molecule has 2 aliphatic rings. The quantitative estimate of drug-likeness (QED) is 0.503. The largest absolute Gasteiger partial charge is 0.416 e. The van der Waals surface area contributed by atoms with Crippen molar-refractivity contribution in [3.8, 4) is 0 Å². The molecule has 3 heterocycles. The molecule has 2 aromatic heterocycles. The third-order valence-corrected chi connectivity index (χ3v) is 6.37. The van der Waals surface area contributed by atoms with E-state index in [-0.39, 0.29) is 6.04 Å². The summed E-state index contributed by atoms with van der Waals surface area (Å²) in [6, 6.07) is 6.08. The molecule has 2 fully saturated rings. The lowest BCUT2D eigenvalue weighted by Crippen LogP contribution is -2.38. The Morgan fingerprint density at radius 2 is 1.94 bits per heavy atom. The second-order valence-corrected chi connectivity index (χ2v) is 8.89. The molecule has 3 N–H and O–H groups in total. The topological polar surface area (TPSA) is 66.3 Å². The highest BCUT2D eigenvalue weighted by atomic mass is 19.4. The Morgan fingerprint density at radius 1 is 1.09 bits per heavy atom. The van der Waals surface area contributed by atoms with Gasteiger partial charge in [0, 0.05) is 29.9 Å². The number of anilines is 3. The van der Waals surface area contributed by atoms with Gasteiger partial charge in [-0.1, -0.05) is 6.42 Å². The number of aryl methyl sites for hydroxylation is 1. The first-order valence-corrected chi connectivity index (χ1v) is 11.2. The zero-order valence-electron chi connectivity index (χ0n) is 18.0. The number of nitrogens with one attached hydrogen (secondary N) is 3. The van der Waals surface area contributed by atoms with Crippen LogP contribution >= 0.6 is 0 Å². The number of hydrogen-bond donors (Lipinski definition) is 3. The molecule has 9 heteroatoms. The lowest BCUT2D eigenvalue weighted by Gasteiger charge is -2.26. The molecule has 0 unspecified atom stereocenters. The average Bonchev–Trinajstić information content (AvgIpc) is 3.10. The Labute approximate surface area is 184 Å². The van der Waals surface area contributed by atoms with E-state index in [9.17, 15) is 13.2 Å². The van der Waals surface area contributed by atoms with Crippen molar-refractivity contribution in [2.45, 2.75) is 57.2 Å². The first kappa shape index (κ1) is 21.1. The third-order valence-electron chi connectivity index (χ3n) is 6.37. The summed E-state index contributed by atoms with van der Waals surface area (Å²) < 4.78 is 41.7. The first-order chi connectivity index (χ1) is 15.4. The number of rotatable bonds is 5. The smallest absolute Gasteiger partial charge is 0.366 e. The summed E-state index contributed by atoms with van der Waals surface area (Å²) in [5.41, 5.74) is 2.10. The van der Waals surface area contributed by atoms with Gasteiger partial charge in [0.15, 0.2) is 5.65 Å². The standard InChI is InChI=1S/C23H27F3N6/c1-14-8-16(23(24,25)26)10-18(9-14)30-21-11-20(29-17-6-3-7-27-12-17)31-22-19(13-28-32(21)22)15-4-2-5-15/h8-11,13,15,17,27,30H,2-7,12H2,1H3,(H,29,31)/t17-/m0/s1. The summed E-state index contributed by atoms with van der Waals surface area (Å²) in [4.78, 5) is 4.85. The fourth-order valence-corrected chi connectivity index (χ4v) is 4.50. The monoisotopic (exact) mass is 444 g/mol. The number of fused-ring (bicyclic) bond motifs is 1. The van der Waals surface area contributed by atoms with Crippen molar-refractivity contribution in [2.24, 2.45) is 0 Å². The van der Waals surface area contributed by atoms with Gasteiger partial charge < -0.3 is 16.0 Å². The fourth-order valence-electron chi connectivity index (χ4n) is 4.50. The number of nitrogens with zero attached hydrogens (tertiary/aromatic N) is 3. The Balaban J connectivity index is 1.53. The van der Waals surface area contributed by atoms with Crippen LogP contribution in [0, 0.1) is 6.92 Å². The highest BCUT2D eigenvalue weighted by Crippen LogP contribution is 2.39. The number of hydrogen-bond acceptors (Lipinski definition) is 5. The molecule has 6 nitrogen and oxygen atoms in total. The number of halogens is 3. The van der Waals surface area contributed by atoms with E-state index < -0.39 is 11.7 Å². The van der Waals surface area contributed by atoms with Gasteiger partial charge in [-0.05, 0) is 68.8 Å². The minimum Gasteiger partial charge on any atom is -0.366 e. The molecule has 0 spiro atoms. The van der Waals surface area contributed by atoms with E-state index >= 15 is 0 Å². The molecular weight excluding hydrogens is 417 g/mol. The first-order valence-electron chi connectivity index (χ1n) is 11.2. The van der Waals surface area contributed by atoms with Crippen LogP contribution in [0.4, 0.5) is 30.5 Å². The van der Waals surface area contributed by atoms with Crippen molar-refractivity contribution >= 4 is 23.0 Å². The number of piperidine rings is 1. The molecule has 0 radical (unpaired) electrons. The van der Waals surface area contributed by atoms with Crippen LogP contribution in [0.3, 0.4) is 0 Å². The van der Waals surface area contributed by atoms with E-state index in [0.717, 1.165) is 62.1 Å². The van der Waals surface area contributed by atoms with Gasteiger partial charge >= 0.3 is 6.18 Å². The predicted molar refractivity (Wildman–Crippen MR) is 119 cm³/mol. The maximum atomic E-state index is 13.3. The van der Waals surface area contributed by atoms with Crippen molar-refractivity contribution in [3.05, 3.63) is 47.2 Å². The van der Waals surface area contributed by atoms with Gasteiger partial charge in [0.1, 0.15) is 11.6 Å². The van der Waals surface area contributed by atoms with E-state index in [1.807, 2.05) is 12.3 Å². The summed E-state index contributed by atoms with van der Waals surface area (Å²) in [6.07, 6.45) is 3.01. The van der Waals surface area contributed by atoms with Gasteiger partial charge in [-0.3, -0.25) is 0 Å². The summed E-state index contributed by atoms with van der Waals surface area (Å²) in [7, 11) is 0. The van der Waals surface area contributed by atoms with Gasteiger partial charge in [-0.25, -0.2) is 4.98 Å². The van der Waals surface area contributed by atoms with Crippen molar-refractivity contribution in [1.82, 2.24) is 19.9 Å². The van der Waals surface area contributed by atoms with Crippen molar-refractivity contribution in [3.63, 3.8) is 0 Å². The Hall–Kier alpha value is -2.81. The van der Waals surface area contributed by atoms with Gasteiger partial charge in [-0.2, -0.15) is 22.8 Å². The van der Waals surface area contributed by atoms with Crippen LogP contribution < -0.4 is 16.0 Å². The molecule has 32 heavy (non-hydrogen) atoms. The average molecular weight is 445 g/mol. The normalized spacial score (nSPS) is 19.7. The SMILES string of the molecule is Cc1cc(Nc2cc(N[C@H]3CCCNC3)nc3c(C4CCC4)cnn23)cc(C(F)(F)F)c1. The van der Waals surface area contributed by atoms with Crippen LogP contribution in [-0.4, -0.2) is 33.7 Å². The van der Waals surface area contributed by atoms with Crippen LogP contribution in [0.25, 0.3) is 5.65 Å². The molecule has 1 saturated heterocycles. The maximum Gasteiger partial charge on any atom is 0.416 e. The van der Waals surface area contributed by atoms with Gasteiger partial charge in [0.25, 0.3) is 0 Å². The second kappa shape index (κ2) is 8.27. The summed E-state index contributed by atoms with van der Waals surface area (Å²) >= 11 is 0. The highest BCUT2D eigenvalue weighted by molar-refractivity contribution is 5.67. The van der Waals surface area contributed by atoms with Gasteiger partial charge in [0.05, 0.1) is 11.8 Å². The third kappa shape index (κ3) is 4.26. The summed E-state index contributed by atoms with van der Waals surface area (Å²) in [5.74, 6) is 1.74. The van der Waals surface area contributed by atoms with Gasteiger partial charge in [0.2, 0.25) is 0 Å². The Kier molecular flexibility index (Phi) is 5.44. The van der Waals surface area contributed by atoms with Crippen LogP contribution in [0.2, 0.25) is 0 Å². The Morgan fingerprint density at radius 3 is 2.62 bits per heavy atom. The van der Waals surface area contributed by atoms with E-state index in [1.54, 1.807) is 17.5 Å². The molecule has 5 rings (SSSR count). The summed E-state index contributed by atoms with van der Waals surface area (Å²) in [6.45, 7) is 3.53. The van der Waals surface area contributed by atoms with E-state index in [2.05, 4.69) is 21.0 Å². The molecule has 0 bridgehead atoms. The zero-order chi connectivity index (χ0) is 22.3. The molecule has 0 amide bonds. The maximum absolute atomic E-state index is 13.3. The number of benzene rings is 1. The van der Waals surface area contributed by atoms with Crippen molar-refractivity contribution < 1.29 is 13.2 Å². The molecule has 1 aliphatic heterocycles. The molecule has 3 aromatic rings. The Bertz CT molecular complexity index is 1110. The fraction of sp³-hybridized carbons (Fsp3) is 0.478. The van der Waals surface area contributed by atoms with Crippen molar-refractivity contribution in [2.75, 3.05) is 23.7 Å². The van der Waals surface area contributed by atoms with Crippen LogP contribution in [0.1, 0.15) is 54.7 Å². The summed E-state index contributed by atoms with van der Waals surface area (Å²) in [5, 5.41) is 14.6. The molecular formula is C23H27F3N6. The van der Waals surface area contributed by atoms with Crippen LogP contribution in [0.15, 0.2) is 30.5 Å². The zero-order valence-corrected chi connectivity index (χ0v) is 18.0. The molecule has 1 aromatic carbocycles. The molecule has 1 atom stereocenters. The van der Waals surface area contributed by atoms with E-state index in [1.165, 1.54) is 6.42 Å². The minimum absolute atomic E-state index is 0.262. The lowest BCUT2D eigenvalue weighted by atomic mass is 9.81. The van der Waals surface area contributed by atoms with Crippen LogP contribution in [-0.2, 0) is 6.18 Å². The highest BCUT2D eigenvalue weighted by Gasteiger charge is 2.31. The predicted octanol–water partition coefficient (Wildman–Crippen LogP) is 5.23. The number of alkyl halides is 3. The molecule has 170 valence electrons. The van der Waals surface area contributed by atoms with Crippen LogP contribution in [0.5, 0.6) is 0 Å². The van der Waals surface area contributed by atoms with Gasteiger partial charge in [-0.15, -0.1) is 0 Å². The number of aromatic nitrogens is 3. The second-order valence-electron chi connectivity index (χ2n) is 8.89. The lowest BCUT2D eigenvalue weighted by molar-refractivity contribution is -0.137. The molecule has 1 saturated carbocycles.